The first kappa shape index (κ1) is 10.1. The molecule has 0 bridgehead atoms. The van der Waals surface area contributed by atoms with Crippen LogP contribution >= 0.6 is 0 Å². The van der Waals surface area contributed by atoms with Gasteiger partial charge in [0.1, 0.15) is 0 Å². The van der Waals surface area contributed by atoms with E-state index >= 15 is 0 Å². The van der Waals surface area contributed by atoms with E-state index in [0.717, 1.165) is 0 Å². The lowest BCUT2D eigenvalue weighted by Crippen LogP contribution is -2.10. The van der Waals surface area contributed by atoms with Crippen LogP contribution < -0.4 is 0 Å². The predicted octanol–water partition coefficient (Wildman–Crippen LogP) is 1.45. The Kier molecular flexibility index (Phi) is 3.85. The van der Waals surface area contributed by atoms with Gasteiger partial charge in [-0.05, 0) is 13.8 Å². The second-order valence-corrected chi connectivity index (χ2v) is 2.41. The van der Waals surface area contributed by atoms with Crippen molar-refractivity contribution < 1.29 is 14.0 Å². The molecule has 5 nitrogen and oxygen atoms in total. The maximum Gasteiger partial charge on any atom is 0.228 e. The van der Waals surface area contributed by atoms with Crippen molar-refractivity contribution in [2.75, 3.05) is 13.2 Å². The molecule has 1 aromatic heterocycles. The lowest BCUT2D eigenvalue weighted by molar-refractivity contribution is -0.145. The molecule has 0 aromatic carbocycles. The highest BCUT2D eigenvalue weighted by atomic mass is 16.7. The summed E-state index contributed by atoms with van der Waals surface area (Å²) in [6, 6.07) is 0. The first-order chi connectivity index (χ1) is 6.27. The van der Waals surface area contributed by atoms with Crippen molar-refractivity contribution in [1.29, 1.82) is 0 Å². The largest absolute Gasteiger partial charge is 0.346 e. The van der Waals surface area contributed by atoms with E-state index < -0.39 is 6.29 Å². The molecular formula is C8H14N2O3. The molecule has 0 atom stereocenters. The Morgan fingerprint density at radius 1 is 1.31 bits per heavy atom. The molecule has 1 aromatic rings. The summed E-state index contributed by atoms with van der Waals surface area (Å²) in [5.41, 5.74) is 0. The van der Waals surface area contributed by atoms with Crippen molar-refractivity contribution in [2.45, 2.75) is 27.1 Å². The minimum absolute atomic E-state index is 0.446. The Hall–Kier alpha value is -0.940. The molecule has 0 radical (unpaired) electrons. The maximum absolute atomic E-state index is 5.27. The van der Waals surface area contributed by atoms with Gasteiger partial charge in [-0.15, -0.1) is 0 Å². The van der Waals surface area contributed by atoms with Gasteiger partial charge in [-0.25, -0.2) is 0 Å². The van der Waals surface area contributed by atoms with E-state index in [1.165, 1.54) is 0 Å². The molecule has 0 spiro atoms. The zero-order valence-electron chi connectivity index (χ0n) is 8.11. The molecule has 0 saturated heterocycles. The van der Waals surface area contributed by atoms with Crippen LogP contribution in [0.5, 0.6) is 0 Å². The quantitative estimate of drug-likeness (QED) is 0.651. The number of ether oxygens (including phenoxy) is 2. The van der Waals surface area contributed by atoms with Crippen molar-refractivity contribution in [3.05, 3.63) is 11.7 Å². The number of hydrogen-bond donors (Lipinski definition) is 0. The summed E-state index contributed by atoms with van der Waals surface area (Å²) < 4.78 is 15.4. The summed E-state index contributed by atoms with van der Waals surface area (Å²) in [5, 5.41) is 3.72. The van der Waals surface area contributed by atoms with Crippen LogP contribution in [-0.4, -0.2) is 23.4 Å². The lowest BCUT2D eigenvalue weighted by atomic mass is 10.5. The predicted molar refractivity (Wildman–Crippen MR) is 45.0 cm³/mol. The first-order valence-electron chi connectivity index (χ1n) is 4.31. The number of aromatic nitrogens is 2. The third kappa shape index (κ3) is 2.78. The van der Waals surface area contributed by atoms with E-state index in [-0.39, 0.29) is 0 Å². The Morgan fingerprint density at radius 2 is 1.92 bits per heavy atom. The minimum atomic E-state index is -0.507. The lowest BCUT2D eigenvalue weighted by Gasteiger charge is -2.11. The molecule has 0 fully saturated rings. The van der Waals surface area contributed by atoms with Gasteiger partial charge in [0.2, 0.25) is 18.0 Å². The first-order valence-corrected chi connectivity index (χ1v) is 4.31. The van der Waals surface area contributed by atoms with Crippen molar-refractivity contribution in [3.8, 4) is 0 Å². The van der Waals surface area contributed by atoms with Gasteiger partial charge in [-0.1, -0.05) is 5.16 Å². The molecular weight excluding hydrogens is 172 g/mol. The van der Waals surface area contributed by atoms with Gasteiger partial charge in [0.15, 0.2) is 0 Å². The zero-order chi connectivity index (χ0) is 9.68. The molecule has 5 heteroatoms. The highest BCUT2D eigenvalue weighted by molar-refractivity contribution is 4.85. The van der Waals surface area contributed by atoms with Gasteiger partial charge in [-0.3, -0.25) is 0 Å². The van der Waals surface area contributed by atoms with E-state index in [1.807, 2.05) is 13.8 Å². The van der Waals surface area contributed by atoms with Crippen LogP contribution in [0.1, 0.15) is 31.9 Å². The highest BCUT2D eigenvalue weighted by Crippen LogP contribution is 2.14. The third-order valence-corrected chi connectivity index (χ3v) is 1.39. The zero-order valence-corrected chi connectivity index (χ0v) is 8.11. The SMILES string of the molecule is CCOC(OCC)c1noc(C)n1. The third-order valence-electron chi connectivity index (χ3n) is 1.39. The Labute approximate surface area is 77.0 Å². The van der Waals surface area contributed by atoms with Gasteiger partial charge in [-0.2, -0.15) is 4.98 Å². The normalized spacial score (nSPS) is 11.1. The van der Waals surface area contributed by atoms with Crippen LogP contribution in [0.4, 0.5) is 0 Å². The fourth-order valence-electron chi connectivity index (χ4n) is 0.911. The molecule has 1 heterocycles. The summed E-state index contributed by atoms with van der Waals surface area (Å²) in [5.74, 6) is 0.959. The summed E-state index contributed by atoms with van der Waals surface area (Å²) >= 11 is 0. The van der Waals surface area contributed by atoms with Crippen LogP contribution in [0.3, 0.4) is 0 Å². The van der Waals surface area contributed by atoms with E-state index in [4.69, 9.17) is 14.0 Å². The standard InChI is InChI=1S/C8H14N2O3/c1-4-11-8(12-5-2)7-9-6(3)13-10-7/h8H,4-5H2,1-3H3. The number of rotatable bonds is 5. The average molecular weight is 186 g/mol. The van der Waals surface area contributed by atoms with E-state index in [9.17, 15) is 0 Å². The fourth-order valence-corrected chi connectivity index (χ4v) is 0.911. The summed E-state index contributed by atoms with van der Waals surface area (Å²) in [6.07, 6.45) is -0.507. The van der Waals surface area contributed by atoms with Crippen LogP contribution in [-0.2, 0) is 9.47 Å². The van der Waals surface area contributed by atoms with Gasteiger partial charge < -0.3 is 14.0 Å². The van der Waals surface area contributed by atoms with Crippen molar-refractivity contribution in [3.63, 3.8) is 0 Å². The molecule has 0 amide bonds. The van der Waals surface area contributed by atoms with E-state index in [2.05, 4.69) is 10.1 Å². The molecule has 0 aliphatic rings. The molecule has 1 rings (SSSR count). The average Bonchev–Trinajstić information content (AvgIpc) is 2.51. The van der Waals surface area contributed by atoms with Crippen LogP contribution in [0, 0.1) is 6.92 Å². The maximum atomic E-state index is 5.27. The van der Waals surface area contributed by atoms with Crippen LogP contribution in [0.2, 0.25) is 0 Å². The molecule has 0 aliphatic heterocycles. The number of hydrogen-bond acceptors (Lipinski definition) is 5. The van der Waals surface area contributed by atoms with Crippen molar-refractivity contribution >= 4 is 0 Å². The Bertz CT molecular complexity index is 243. The highest BCUT2D eigenvalue weighted by Gasteiger charge is 2.17. The number of aryl methyl sites for hydroxylation is 1. The van der Waals surface area contributed by atoms with E-state index in [0.29, 0.717) is 24.9 Å². The van der Waals surface area contributed by atoms with Crippen LogP contribution in [0.25, 0.3) is 0 Å². The summed E-state index contributed by atoms with van der Waals surface area (Å²) in [7, 11) is 0. The summed E-state index contributed by atoms with van der Waals surface area (Å²) in [6.45, 7) is 6.61. The molecule has 13 heavy (non-hydrogen) atoms. The molecule has 0 N–H and O–H groups in total. The van der Waals surface area contributed by atoms with Gasteiger partial charge >= 0.3 is 0 Å². The Morgan fingerprint density at radius 3 is 2.31 bits per heavy atom. The van der Waals surface area contributed by atoms with Crippen molar-refractivity contribution in [2.24, 2.45) is 0 Å². The van der Waals surface area contributed by atoms with Crippen molar-refractivity contribution in [1.82, 2.24) is 10.1 Å². The molecule has 0 saturated carbocycles. The minimum Gasteiger partial charge on any atom is -0.346 e. The van der Waals surface area contributed by atoms with Crippen LogP contribution in [0.15, 0.2) is 4.52 Å². The Balaban J connectivity index is 2.63. The summed E-state index contributed by atoms with van der Waals surface area (Å²) in [4.78, 5) is 4.02. The molecule has 74 valence electrons. The smallest absolute Gasteiger partial charge is 0.228 e. The van der Waals surface area contributed by atoms with Gasteiger partial charge in [0.25, 0.3) is 0 Å². The molecule has 0 unspecified atom stereocenters. The topological polar surface area (TPSA) is 57.4 Å². The van der Waals surface area contributed by atoms with Gasteiger partial charge in [0, 0.05) is 20.1 Å². The second kappa shape index (κ2) is 4.94. The monoisotopic (exact) mass is 186 g/mol. The second-order valence-electron chi connectivity index (χ2n) is 2.41. The van der Waals surface area contributed by atoms with E-state index in [1.54, 1.807) is 6.92 Å². The molecule has 0 aliphatic carbocycles. The fraction of sp³-hybridized carbons (Fsp3) is 0.750. The van der Waals surface area contributed by atoms with Gasteiger partial charge in [0.05, 0.1) is 0 Å². The number of nitrogens with zero attached hydrogens (tertiary/aromatic N) is 2.